The minimum absolute atomic E-state index is 0. The Bertz CT molecular complexity index is 308. The molecule has 2 N–H and O–H groups in total. The summed E-state index contributed by atoms with van der Waals surface area (Å²) in [7, 11) is 0. The summed E-state index contributed by atoms with van der Waals surface area (Å²) < 4.78 is 10.4. The first-order valence-electron chi connectivity index (χ1n) is 7.55. The van der Waals surface area contributed by atoms with Gasteiger partial charge in [0.05, 0.1) is 19.3 Å². The molecule has 21 heavy (non-hydrogen) atoms. The number of guanidine groups is 1. The van der Waals surface area contributed by atoms with Crippen LogP contribution in [0, 0.1) is 0 Å². The van der Waals surface area contributed by atoms with Gasteiger partial charge in [0.2, 0.25) is 0 Å². The Kier molecular flexibility index (Phi) is 12.8. The van der Waals surface area contributed by atoms with Crippen molar-refractivity contribution in [3.8, 4) is 0 Å². The maximum absolute atomic E-state index is 11.2. The van der Waals surface area contributed by atoms with E-state index in [0.717, 1.165) is 38.4 Å². The first-order chi connectivity index (χ1) is 9.76. The molecule has 0 aromatic carbocycles. The molecule has 1 rings (SSSR count). The number of ether oxygens (including phenoxy) is 2. The lowest BCUT2D eigenvalue weighted by Gasteiger charge is -2.12. The Labute approximate surface area is 144 Å². The maximum Gasteiger partial charge on any atom is 0.305 e. The summed E-state index contributed by atoms with van der Waals surface area (Å²) in [6.07, 6.45) is 3.65. The van der Waals surface area contributed by atoms with Crippen molar-refractivity contribution in [2.45, 2.75) is 45.6 Å². The number of rotatable bonds is 8. The zero-order valence-corrected chi connectivity index (χ0v) is 15.4. The third-order valence-electron chi connectivity index (χ3n) is 2.98. The first kappa shape index (κ1) is 20.4. The lowest BCUT2D eigenvalue weighted by Crippen LogP contribution is -2.38. The lowest BCUT2D eigenvalue weighted by molar-refractivity contribution is -0.143. The van der Waals surface area contributed by atoms with E-state index < -0.39 is 0 Å². The number of hydrogen-bond acceptors (Lipinski definition) is 4. The SMILES string of the molecule is CCNC(=NCC1CCCO1)NCCCC(=O)OCC.I. The smallest absolute Gasteiger partial charge is 0.305 e. The zero-order chi connectivity index (χ0) is 14.6. The molecular weight excluding hydrogens is 385 g/mol. The van der Waals surface area contributed by atoms with Crippen LogP contribution in [-0.2, 0) is 14.3 Å². The summed E-state index contributed by atoms with van der Waals surface area (Å²) in [5.74, 6) is 0.641. The molecule has 124 valence electrons. The van der Waals surface area contributed by atoms with Gasteiger partial charge in [0.15, 0.2) is 5.96 Å². The normalized spacial score (nSPS) is 18.0. The molecule has 0 bridgehead atoms. The summed E-state index contributed by atoms with van der Waals surface area (Å²) in [5.41, 5.74) is 0. The van der Waals surface area contributed by atoms with E-state index >= 15 is 0 Å². The van der Waals surface area contributed by atoms with Gasteiger partial charge in [-0.25, -0.2) is 0 Å². The fourth-order valence-corrected chi connectivity index (χ4v) is 2.00. The highest BCUT2D eigenvalue weighted by molar-refractivity contribution is 14.0. The molecule has 1 heterocycles. The van der Waals surface area contributed by atoms with Gasteiger partial charge >= 0.3 is 5.97 Å². The Morgan fingerprint density at radius 1 is 1.38 bits per heavy atom. The van der Waals surface area contributed by atoms with Crippen molar-refractivity contribution in [3.05, 3.63) is 0 Å². The van der Waals surface area contributed by atoms with Gasteiger partial charge in [-0.1, -0.05) is 0 Å². The summed E-state index contributed by atoms with van der Waals surface area (Å²) in [4.78, 5) is 15.7. The van der Waals surface area contributed by atoms with E-state index in [-0.39, 0.29) is 36.0 Å². The molecular formula is C14H28IN3O3. The highest BCUT2D eigenvalue weighted by Gasteiger charge is 2.14. The quantitative estimate of drug-likeness (QED) is 0.208. The number of nitrogens with zero attached hydrogens (tertiary/aromatic N) is 1. The van der Waals surface area contributed by atoms with E-state index in [9.17, 15) is 4.79 Å². The number of halogens is 1. The van der Waals surface area contributed by atoms with Crippen LogP contribution >= 0.6 is 24.0 Å². The molecule has 0 saturated carbocycles. The van der Waals surface area contributed by atoms with Crippen molar-refractivity contribution in [2.75, 3.05) is 32.8 Å². The molecule has 1 unspecified atom stereocenters. The monoisotopic (exact) mass is 413 g/mol. The van der Waals surface area contributed by atoms with Crippen LogP contribution in [0.3, 0.4) is 0 Å². The Hall–Kier alpha value is -0.570. The zero-order valence-electron chi connectivity index (χ0n) is 13.0. The van der Waals surface area contributed by atoms with Gasteiger partial charge in [0, 0.05) is 26.1 Å². The largest absolute Gasteiger partial charge is 0.466 e. The number of carbonyl (C=O) groups is 1. The van der Waals surface area contributed by atoms with Crippen molar-refractivity contribution < 1.29 is 14.3 Å². The molecule has 0 radical (unpaired) electrons. The van der Waals surface area contributed by atoms with Crippen LogP contribution < -0.4 is 10.6 Å². The Morgan fingerprint density at radius 3 is 2.81 bits per heavy atom. The van der Waals surface area contributed by atoms with E-state index in [1.54, 1.807) is 0 Å². The van der Waals surface area contributed by atoms with E-state index in [2.05, 4.69) is 15.6 Å². The van der Waals surface area contributed by atoms with E-state index in [4.69, 9.17) is 9.47 Å². The fraction of sp³-hybridized carbons (Fsp3) is 0.857. The molecule has 0 aromatic rings. The first-order valence-corrected chi connectivity index (χ1v) is 7.55. The van der Waals surface area contributed by atoms with Crippen LogP contribution in [0.15, 0.2) is 4.99 Å². The molecule has 1 fully saturated rings. The molecule has 0 amide bonds. The summed E-state index contributed by atoms with van der Waals surface area (Å²) in [6.45, 7) is 7.35. The predicted octanol–water partition coefficient (Wildman–Crippen LogP) is 1.68. The van der Waals surface area contributed by atoms with Gasteiger partial charge in [-0.05, 0) is 33.1 Å². The van der Waals surface area contributed by atoms with Crippen LogP contribution in [0.5, 0.6) is 0 Å². The number of carbonyl (C=O) groups excluding carboxylic acids is 1. The summed E-state index contributed by atoms with van der Waals surface area (Å²) in [5, 5.41) is 6.40. The lowest BCUT2D eigenvalue weighted by atomic mass is 10.2. The maximum atomic E-state index is 11.2. The highest BCUT2D eigenvalue weighted by Crippen LogP contribution is 2.11. The van der Waals surface area contributed by atoms with Crippen molar-refractivity contribution in [1.82, 2.24) is 10.6 Å². The second-order valence-corrected chi connectivity index (χ2v) is 4.69. The molecule has 1 aliphatic heterocycles. The number of hydrogen-bond donors (Lipinski definition) is 2. The van der Waals surface area contributed by atoms with Crippen molar-refractivity contribution in [2.24, 2.45) is 4.99 Å². The van der Waals surface area contributed by atoms with Crippen molar-refractivity contribution >= 4 is 35.9 Å². The van der Waals surface area contributed by atoms with E-state index in [1.165, 1.54) is 0 Å². The minimum atomic E-state index is -0.143. The molecule has 6 nitrogen and oxygen atoms in total. The molecule has 1 atom stereocenters. The highest BCUT2D eigenvalue weighted by atomic mass is 127. The van der Waals surface area contributed by atoms with Crippen LogP contribution in [0.2, 0.25) is 0 Å². The number of esters is 1. The number of aliphatic imine (C=N–C) groups is 1. The number of nitrogens with one attached hydrogen (secondary N) is 2. The molecule has 0 aliphatic carbocycles. The third kappa shape index (κ3) is 9.89. The Morgan fingerprint density at radius 2 is 2.19 bits per heavy atom. The van der Waals surface area contributed by atoms with Gasteiger partial charge in [0.25, 0.3) is 0 Å². The van der Waals surface area contributed by atoms with E-state index in [1.807, 2.05) is 13.8 Å². The van der Waals surface area contributed by atoms with Crippen molar-refractivity contribution in [1.29, 1.82) is 0 Å². The van der Waals surface area contributed by atoms with Crippen LogP contribution in [0.25, 0.3) is 0 Å². The molecule has 7 heteroatoms. The predicted molar refractivity (Wildman–Crippen MR) is 94.2 cm³/mol. The topological polar surface area (TPSA) is 72.0 Å². The van der Waals surface area contributed by atoms with E-state index in [0.29, 0.717) is 26.1 Å². The molecule has 1 saturated heterocycles. The van der Waals surface area contributed by atoms with Crippen LogP contribution in [0.1, 0.15) is 39.5 Å². The van der Waals surface area contributed by atoms with Gasteiger partial charge in [-0.15, -0.1) is 24.0 Å². The summed E-state index contributed by atoms with van der Waals surface area (Å²) in [6, 6.07) is 0. The summed E-state index contributed by atoms with van der Waals surface area (Å²) >= 11 is 0. The fourth-order valence-electron chi connectivity index (χ4n) is 2.00. The minimum Gasteiger partial charge on any atom is -0.466 e. The Balaban J connectivity index is 0.00000400. The third-order valence-corrected chi connectivity index (χ3v) is 2.98. The van der Waals surface area contributed by atoms with Gasteiger partial charge in [-0.3, -0.25) is 9.79 Å². The average Bonchev–Trinajstić information content (AvgIpc) is 2.94. The van der Waals surface area contributed by atoms with Gasteiger partial charge in [0.1, 0.15) is 0 Å². The molecule has 0 aromatic heterocycles. The second-order valence-electron chi connectivity index (χ2n) is 4.69. The second kappa shape index (κ2) is 13.1. The van der Waals surface area contributed by atoms with Crippen LogP contribution in [0.4, 0.5) is 0 Å². The van der Waals surface area contributed by atoms with Crippen molar-refractivity contribution in [3.63, 3.8) is 0 Å². The molecule has 0 spiro atoms. The average molecular weight is 413 g/mol. The standard InChI is InChI=1S/C14H27N3O3.HI/c1-3-15-14(17-11-12-7-6-10-20-12)16-9-5-8-13(18)19-4-2;/h12H,3-11H2,1-2H3,(H2,15,16,17);1H. The van der Waals surface area contributed by atoms with Crippen LogP contribution in [-0.4, -0.2) is 50.9 Å². The molecule has 1 aliphatic rings. The van der Waals surface area contributed by atoms with Gasteiger partial charge < -0.3 is 20.1 Å². The van der Waals surface area contributed by atoms with Gasteiger partial charge in [-0.2, -0.15) is 0 Å².